The van der Waals surface area contributed by atoms with E-state index in [-0.39, 0.29) is 12.6 Å². The van der Waals surface area contributed by atoms with E-state index in [2.05, 4.69) is 4.90 Å². The van der Waals surface area contributed by atoms with Gasteiger partial charge in [-0.25, -0.2) is 9.59 Å². The summed E-state index contributed by atoms with van der Waals surface area (Å²) in [5.41, 5.74) is 1.92. The summed E-state index contributed by atoms with van der Waals surface area (Å²) in [4.78, 5) is 29.2. The molecule has 2 bridgehead atoms. The van der Waals surface area contributed by atoms with Crippen molar-refractivity contribution in [3.8, 4) is 5.75 Å². The molecule has 7 nitrogen and oxygen atoms in total. The van der Waals surface area contributed by atoms with Crippen LogP contribution in [0.2, 0.25) is 0 Å². The number of hydrogen-bond acceptors (Lipinski definition) is 6. The molecule has 0 spiro atoms. The molecule has 1 atom stereocenters. The molecule has 164 valence electrons. The van der Waals surface area contributed by atoms with E-state index < -0.39 is 12.1 Å². The lowest BCUT2D eigenvalue weighted by molar-refractivity contribution is -0.0311. The third-order valence-electron chi connectivity index (χ3n) is 6.12. The first-order valence-electron chi connectivity index (χ1n) is 10.6. The smallest absolute Gasteiger partial charge is 0.414 e. The van der Waals surface area contributed by atoms with Crippen LogP contribution in [-0.4, -0.2) is 56.9 Å². The summed E-state index contributed by atoms with van der Waals surface area (Å²) in [5.74, 6) is 0.662. The lowest BCUT2D eigenvalue weighted by Gasteiger charge is -2.44. The van der Waals surface area contributed by atoms with Crippen LogP contribution in [0, 0.1) is 5.92 Å². The van der Waals surface area contributed by atoms with Crippen molar-refractivity contribution in [1.29, 1.82) is 0 Å². The zero-order valence-electron chi connectivity index (χ0n) is 18.0. The van der Waals surface area contributed by atoms with E-state index in [1.54, 1.807) is 30.2 Å². The number of rotatable bonds is 6. The second-order valence-electron chi connectivity index (χ2n) is 8.04. The third kappa shape index (κ3) is 4.82. The first-order valence-corrected chi connectivity index (χ1v) is 10.6. The molecule has 7 heteroatoms. The van der Waals surface area contributed by atoms with Gasteiger partial charge < -0.3 is 14.2 Å². The van der Waals surface area contributed by atoms with Gasteiger partial charge in [0.25, 0.3) is 0 Å². The van der Waals surface area contributed by atoms with E-state index >= 15 is 0 Å². The Morgan fingerprint density at radius 1 is 1.06 bits per heavy atom. The van der Waals surface area contributed by atoms with E-state index in [1.165, 1.54) is 7.11 Å². The van der Waals surface area contributed by atoms with Crippen molar-refractivity contribution in [2.45, 2.75) is 25.5 Å². The van der Waals surface area contributed by atoms with Gasteiger partial charge in [-0.1, -0.05) is 18.2 Å². The molecule has 0 aromatic heterocycles. The van der Waals surface area contributed by atoms with Crippen molar-refractivity contribution >= 4 is 17.7 Å². The van der Waals surface area contributed by atoms with Crippen molar-refractivity contribution in [2.24, 2.45) is 5.92 Å². The van der Waals surface area contributed by atoms with Crippen molar-refractivity contribution in [2.75, 3.05) is 38.8 Å². The molecule has 3 aliphatic heterocycles. The number of ether oxygens (including phenoxy) is 3. The minimum atomic E-state index is -0.412. The van der Waals surface area contributed by atoms with Crippen LogP contribution in [0.3, 0.4) is 0 Å². The average molecular weight is 424 g/mol. The molecule has 0 N–H and O–H groups in total. The first kappa shape index (κ1) is 21.2. The van der Waals surface area contributed by atoms with Crippen LogP contribution < -0.4 is 9.64 Å². The fraction of sp³-hybridized carbons (Fsp3) is 0.417. The molecule has 5 rings (SSSR count). The number of benzene rings is 2. The molecular weight excluding hydrogens is 396 g/mol. The molecule has 2 aromatic rings. The Balaban J connectivity index is 1.58. The maximum Gasteiger partial charge on any atom is 0.414 e. The Hall–Kier alpha value is -3.06. The fourth-order valence-corrected chi connectivity index (χ4v) is 4.37. The number of fused-ring (bicyclic) bond motifs is 3. The second-order valence-corrected chi connectivity index (χ2v) is 8.04. The molecule has 3 heterocycles. The zero-order valence-corrected chi connectivity index (χ0v) is 18.0. The number of carbonyl (C=O) groups is 2. The van der Waals surface area contributed by atoms with Gasteiger partial charge in [-0.15, -0.1) is 0 Å². The topological polar surface area (TPSA) is 68.3 Å². The molecule has 2 aromatic carbocycles. The number of anilines is 1. The normalized spacial score (nSPS) is 21.9. The van der Waals surface area contributed by atoms with Gasteiger partial charge in [0.05, 0.1) is 32.0 Å². The largest absolute Gasteiger partial charge is 0.497 e. The highest BCUT2D eigenvalue weighted by atomic mass is 16.6. The number of amides is 1. The van der Waals surface area contributed by atoms with Crippen molar-refractivity contribution in [1.82, 2.24) is 4.90 Å². The predicted molar refractivity (Wildman–Crippen MR) is 116 cm³/mol. The van der Waals surface area contributed by atoms with Crippen molar-refractivity contribution in [3.63, 3.8) is 0 Å². The summed E-state index contributed by atoms with van der Waals surface area (Å²) in [6.45, 7) is 3.22. The Morgan fingerprint density at radius 3 is 2.52 bits per heavy atom. The number of piperidine rings is 3. The fourth-order valence-electron chi connectivity index (χ4n) is 4.37. The summed E-state index contributed by atoms with van der Waals surface area (Å²) in [7, 11) is 2.94. The summed E-state index contributed by atoms with van der Waals surface area (Å²) < 4.78 is 16.2. The van der Waals surface area contributed by atoms with E-state index in [0.29, 0.717) is 22.9 Å². The van der Waals surface area contributed by atoms with Gasteiger partial charge in [-0.3, -0.25) is 9.80 Å². The quantitative estimate of drug-likeness (QED) is 0.659. The molecular formula is C24H28N2O5. The molecule has 3 saturated heterocycles. The van der Waals surface area contributed by atoms with Gasteiger partial charge in [0.1, 0.15) is 11.9 Å². The molecule has 0 aliphatic carbocycles. The summed E-state index contributed by atoms with van der Waals surface area (Å²) in [6.07, 6.45) is 1.65. The van der Waals surface area contributed by atoms with Crippen LogP contribution in [0.4, 0.5) is 10.5 Å². The molecule has 0 unspecified atom stereocenters. The van der Waals surface area contributed by atoms with Crippen molar-refractivity contribution < 1.29 is 23.8 Å². The summed E-state index contributed by atoms with van der Waals surface area (Å²) >= 11 is 0. The second kappa shape index (κ2) is 9.39. The lowest BCUT2D eigenvalue weighted by Crippen LogP contribution is -2.53. The number of methoxy groups -OCH3 is 2. The Morgan fingerprint density at radius 2 is 1.84 bits per heavy atom. The Labute approximate surface area is 182 Å². The standard InChI is InChI=1S/C24H28N2O5/c1-29-21-8-4-7-20(14-21)26(15-17-5-3-6-19(13-17)23(27)30-2)24(28)31-22-16-25-11-9-18(22)10-12-25/h3-8,13-14,18,22H,9-12,15-16H2,1-2H3/t22-/m0/s1. The van der Waals surface area contributed by atoms with Crippen LogP contribution in [0.15, 0.2) is 48.5 Å². The predicted octanol–water partition coefficient (Wildman–Crippen LogP) is 3.72. The minimum Gasteiger partial charge on any atom is -0.497 e. The van der Waals surface area contributed by atoms with E-state index in [1.807, 2.05) is 30.3 Å². The lowest BCUT2D eigenvalue weighted by atomic mass is 9.86. The van der Waals surface area contributed by atoms with Gasteiger partial charge in [-0.05, 0) is 61.7 Å². The van der Waals surface area contributed by atoms with Crippen LogP contribution in [0.25, 0.3) is 0 Å². The van der Waals surface area contributed by atoms with Crippen LogP contribution in [0.1, 0.15) is 28.8 Å². The third-order valence-corrected chi connectivity index (χ3v) is 6.12. The molecule has 3 fully saturated rings. The maximum atomic E-state index is 13.3. The Kier molecular flexibility index (Phi) is 6.42. The van der Waals surface area contributed by atoms with Crippen LogP contribution >= 0.6 is 0 Å². The Bertz CT molecular complexity index is 939. The number of hydrogen-bond donors (Lipinski definition) is 0. The highest BCUT2D eigenvalue weighted by Crippen LogP contribution is 2.31. The van der Waals surface area contributed by atoms with Crippen LogP contribution in [0.5, 0.6) is 5.75 Å². The molecule has 3 aliphatic rings. The highest BCUT2D eigenvalue weighted by molar-refractivity contribution is 5.90. The summed E-state index contributed by atoms with van der Waals surface area (Å²) in [6, 6.07) is 14.4. The summed E-state index contributed by atoms with van der Waals surface area (Å²) in [5, 5.41) is 0. The van der Waals surface area contributed by atoms with Gasteiger partial charge in [0, 0.05) is 12.6 Å². The highest BCUT2D eigenvalue weighted by Gasteiger charge is 2.37. The molecule has 31 heavy (non-hydrogen) atoms. The minimum absolute atomic E-state index is 0.0930. The number of nitrogens with zero attached hydrogens (tertiary/aromatic N) is 2. The SMILES string of the molecule is COC(=O)c1cccc(CN(C(=O)O[C@H]2CN3CCC2CC3)c2cccc(OC)c2)c1. The van der Waals surface area contributed by atoms with Crippen LogP contribution in [-0.2, 0) is 16.0 Å². The number of carbonyl (C=O) groups excluding carboxylic acids is 2. The van der Waals surface area contributed by atoms with Gasteiger partial charge in [-0.2, -0.15) is 0 Å². The van der Waals surface area contributed by atoms with Gasteiger partial charge in [0.2, 0.25) is 0 Å². The number of esters is 1. The van der Waals surface area contributed by atoms with Gasteiger partial charge in [0.15, 0.2) is 0 Å². The van der Waals surface area contributed by atoms with E-state index in [4.69, 9.17) is 14.2 Å². The van der Waals surface area contributed by atoms with Gasteiger partial charge >= 0.3 is 12.1 Å². The first-order chi connectivity index (χ1) is 15.1. The molecule has 0 saturated carbocycles. The van der Waals surface area contributed by atoms with E-state index in [9.17, 15) is 9.59 Å². The van der Waals surface area contributed by atoms with E-state index in [0.717, 1.165) is 38.0 Å². The molecule has 1 amide bonds. The van der Waals surface area contributed by atoms with Crippen molar-refractivity contribution in [3.05, 3.63) is 59.7 Å². The average Bonchev–Trinajstić information content (AvgIpc) is 2.83. The monoisotopic (exact) mass is 424 g/mol. The zero-order chi connectivity index (χ0) is 21.8. The molecule has 0 radical (unpaired) electrons. The maximum absolute atomic E-state index is 13.3.